The van der Waals surface area contributed by atoms with Crippen LogP contribution < -0.4 is 4.74 Å². The summed E-state index contributed by atoms with van der Waals surface area (Å²) < 4.78 is 5.45. The Labute approximate surface area is 170 Å². The third-order valence-corrected chi connectivity index (χ3v) is 7.25. The molecule has 2 nitrogen and oxygen atoms in total. The lowest BCUT2D eigenvalue weighted by Gasteiger charge is -2.31. The minimum atomic E-state index is 0.373. The second kappa shape index (κ2) is 7.14. The first-order chi connectivity index (χ1) is 13.7. The molecule has 0 saturated heterocycles. The Hall–Kier alpha value is -2.52. The summed E-state index contributed by atoms with van der Waals surface area (Å²) in [7, 11) is 1.73. The van der Waals surface area contributed by atoms with Gasteiger partial charge in [-0.15, -0.1) is 11.8 Å². The largest absolute Gasteiger partial charge is 0.497 e. The molecule has 28 heavy (non-hydrogen) atoms. The summed E-state index contributed by atoms with van der Waals surface area (Å²) in [4.78, 5) is 6.47. The van der Waals surface area contributed by atoms with Crippen LogP contribution in [0.3, 0.4) is 0 Å². The minimum Gasteiger partial charge on any atom is -0.497 e. The highest BCUT2D eigenvalue weighted by Crippen LogP contribution is 2.51. The van der Waals surface area contributed by atoms with Gasteiger partial charge < -0.3 is 4.74 Å². The molecule has 0 saturated carbocycles. The first-order valence-corrected chi connectivity index (χ1v) is 10.7. The van der Waals surface area contributed by atoms with Crippen LogP contribution in [0.4, 0.5) is 5.69 Å². The van der Waals surface area contributed by atoms with Gasteiger partial charge in [0.2, 0.25) is 0 Å². The van der Waals surface area contributed by atoms with Crippen molar-refractivity contribution in [3.63, 3.8) is 0 Å². The fourth-order valence-electron chi connectivity index (χ4n) is 4.29. The van der Waals surface area contributed by atoms with Crippen LogP contribution in [-0.4, -0.2) is 12.8 Å². The fraction of sp³-hybridized carbons (Fsp3) is 0.240. The summed E-state index contributed by atoms with van der Waals surface area (Å²) >= 11 is 1.97. The Morgan fingerprint density at radius 2 is 1.82 bits per heavy atom. The number of fused-ring (bicyclic) bond motifs is 4. The third-order valence-electron chi connectivity index (χ3n) is 5.80. The summed E-state index contributed by atoms with van der Waals surface area (Å²) in [6.45, 7) is 2.15. The van der Waals surface area contributed by atoms with Crippen molar-refractivity contribution < 1.29 is 4.74 Å². The van der Waals surface area contributed by atoms with Gasteiger partial charge in [-0.1, -0.05) is 42.0 Å². The van der Waals surface area contributed by atoms with E-state index in [0.29, 0.717) is 11.2 Å². The van der Waals surface area contributed by atoms with Gasteiger partial charge in [-0.3, -0.25) is 4.99 Å². The topological polar surface area (TPSA) is 21.6 Å². The average Bonchev–Trinajstić information content (AvgIpc) is 2.90. The Kier molecular flexibility index (Phi) is 4.48. The maximum atomic E-state index is 5.45. The maximum absolute atomic E-state index is 5.45. The van der Waals surface area contributed by atoms with Crippen LogP contribution in [-0.2, 0) is 6.42 Å². The first kappa shape index (κ1) is 17.6. The number of aliphatic imine (C=N–C) groups is 1. The Balaban J connectivity index is 1.67. The Morgan fingerprint density at radius 3 is 2.64 bits per heavy atom. The van der Waals surface area contributed by atoms with Crippen molar-refractivity contribution in [2.45, 2.75) is 29.9 Å². The van der Waals surface area contributed by atoms with Gasteiger partial charge in [0.25, 0.3) is 0 Å². The van der Waals surface area contributed by atoms with E-state index in [4.69, 9.17) is 9.73 Å². The number of benzene rings is 3. The molecule has 1 aliphatic carbocycles. The highest BCUT2D eigenvalue weighted by atomic mass is 32.2. The third kappa shape index (κ3) is 3.04. The number of nitrogens with zero attached hydrogens (tertiary/aromatic N) is 1. The van der Waals surface area contributed by atoms with Crippen molar-refractivity contribution in [2.75, 3.05) is 7.11 Å². The molecule has 0 radical (unpaired) electrons. The molecular weight excluding hydrogens is 362 g/mol. The number of hydrogen-bond acceptors (Lipinski definition) is 3. The van der Waals surface area contributed by atoms with Crippen LogP contribution in [0.15, 0.2) is 76.6 Å². The van der Waals surface area contributed by atoms with Crippen LogP contribution in [0.2, 0.25) is 0 Å². The molecule has 1 aliphatic heterocycles. The summed E-state index contributed by atoms with van der Waals surface area (Å²) in [6, 6.07) is 24.0. The molecule has 140 valence electrons. The fourth-order valence-corrected chi connectivity index (χ4v) is 5.68. The van der Waals surface area contributed by atoms with Crippen molar-refractivity contribution >= 4 is 23.2 Å². The summed E-state index contributed by atoms with van der Waals surface area (Å²) in [6.07, 6.45) is 2.17. The molecule has 0 N–H and O–H groups in total. The molecule has 3 aromatic carbocycles. The molecular formula is C25H23NOS. The average molecular weight is 386 g/mol. The van der Waals surface area contributed by atoms with Gasteiger partial charge in [0.15, 0.2) is 0 Å². The SMILES string of the molecule is COc1ccc2c(c1)CC[C@@H]1C2=Nc2ccccc2S[C@H]1c1ccc(C)cc1. The van der Waals surface area contributed by atoms with E-state index in [2.05, 4.69) is 73.7 Å². The molecule has 3 heteroatoms. The predicted molar refractivity (Wildman–Crippen MR) is 117 cm³/mol. The monoisotopic (exact) mass is 385 g/mol. The lowest BCUT2D eigenvalue weighted by atomic mass is 9.78. The molecule has 2 atom stereocenters. The lowest BCUT2D eigenvalue weighted by molar-refractivity contribution is 0.414. The van der Waals surface area contributed by atoms with Gasteiger partial charge in [0.1, 0.15) is 5.75 Å². The number of para-hydroxylation sites is 1. The molecule has 5 rings (SSSR count). The highest BCUT2D eigenvalue weighted by molar-refractivity contribution is 7.99. The number of hydrogen-bond donors (Lipinski definition) is 0. The molecule has 0 fully saturated rings. The Morgan fingerprint density at radius 1 is 1.00 bits per heavy atom. The maximum Gasteiger partial charge on any atom is 0.119 e. The van der Waals surface area contributed by atoms with Crippen LogP contribution in [0.5, 0.6) is 5.75 Å². The van der Waals surface area contributed by atoms with E-state index >= 15 is 0 Å². The summed E-state index contributed by atoms with van der Waals surface area (Å²) in [5, 5.41) is 0.373. The highest BCUT2D eigenvalue weighted by Gasteiger charge is 2.36. The lowest BCUT2D eigenvalue weighted by Crippen LogP contribution is -2.27. The van der Waals surface area contributed by atoms with E-state index in [-0.39, 0.29) is 0 Å². The van der Waals surface area contributed by atoms with Crippen LogP contribution in [0, 0.1) is 12.8 Å². The van der Waals surface area contributed by atoms with Gasteiger partial charge in [-0.25, -0.2) is 0 Å². The van der Waals surface area contributed by atoms with Crippen molar-refractivity contribution in [2.24, 2.45) is 10.9 Å². The minimum absolute atomic E-state index is 0.373. The zero-order valence-electron chi connectivity index (χ0n) is 16.2. The van der Waals surface area contributed by atoms with E-state index in [1.54, 1.807) is 7.11 Å². The summed E-state index contributed by atoms with van der Waals surface area (Å²) in [5.74, 6) is 1.33. The van der Waals surface area contributed by atoms with E-state index in [1.807, 2.05) is 11.8 Å². The number of methoxy groups -OCH3 is 1. The molecule has 0 spiro atoms. The van der Waals surface area contributed by atoms with Gasteiger partial charge in [-0.2, -0.15) is 0 Å². The van der Waals surface area contributed by atoms with Crippen molar-refractivity contribution in [3.05, 3.63) is 89.0 Å². The van der Waals surface area contributed by atoms with Gasteiger partial charge in [-0.05, 0) is 66.8 Å². The number of thioether (sulfide) groups is 1. The van der Waals surface area contributed by atoms with Crippen LogP contribution in [0.25, 0.3) is 0 Å². The quantitative estimate of drug-likeness (QED) is 0.500. The molecule has 0 amide bonds. The Bertz CT molecular complexity index is 1050. The zero-order chi connectivity index (χ0) is 19.1. The van der Waals surface area contributed by atoms with Crippen molar-refractivity contribution in [1.29, 1.82) is 0 Å². The second-order valence-electron chi connectivity index (χ2n) is 7.58. The van der Waals surface area contributed by atoms with Gasteiger partial charge in [0.05, 0.1) is 18.5 Å². The van der Waals surface area contributed by atoms with Crippen LogP contribution >= 0.6 is 11.8 Å². The smallest absolute Gasteiger partial charge is 0.119 e. The van der Waals surface area contributed by atoms with E-state index in [0.717, 1.165) is 24.3 Å². The normalized spacial score (nSPS) is 20.3. The number of ether oxygens (including phenoxy) is 1. The summed E-state index contributed by atoms with van der Waals surface area (Å²) in [5.41, 5.74) is 7.64. The zero-order valence-corrected chi connectivity index (χ0v) is 17.0. The molecule has 2 aliphatic rings. The van der Waals surface area contributed by atoms with Crippen molar-refractivity contribution in [1.82, 2.24) is 0 Å². The predicted octanol–water partition coefficient (Wildman–Crippen LogP) is 6.53. The number of rotatable bonds is 2. The first-order valence-electron chi connectivity index (χ1n) is 9.81. The van der Waals surface area contributed by atoms with E-state index < -0.39 is 0 Å². The molecule has 0 unspecified atom stereocenters. The van der Waals surface area contributed by atoms with Crippen LogP contribution in [0.1, 0.15) is 33.9 Å². The van der Waals surface area contributed by atoms with Crippen molar-refractivity contribution in [3.8, 4) is 5.75 Å². The van der Waals surface area contributed by atoms with E-state index in [9.17, 15) is 0 Å². The second-order valence-corrected chi connectivity index (χ2v) is 8.77. The molecule has 1 heterocycles. The molecule has 0 aromatic heterocycles. The standard InChI is InChI=1S/C25H23NOS/c1-16-7-9-17(10-8-16)25-21-13-11-18-15-19(27-2)12-14-20(18)24(21)26-22-5-3-4-6-23(22)28-25/h3-10,12,14-15,21,25H,11,13H2,1-2H3/t21-,25+/m1/s1. The molecule has 0 bridgehead atoms. The van der Waals surface area contributed by atoms with Gasteiger partial charge in [0, 0.05) is 16.1 Å². The van der Waals surface area contributed by atoms with E-state index in [1.165, 1.54) is 32.9 Å². The molecule has 3 aromatic rings. The van der Waals surface area contributed by atoms with Gasteiger partial charge >= 0.3 is 0 Å². The number of aryl methyl sites for hydroxylation is 2.